The van der Waals surface area contributed by atoms with E-state index in [4.69, 9.17) is 21.4 Å². The van der Waals surface area contributed by atoms with Crippen LogP contribution in [0.2, 0.25) is 5.02 Å². The molecule has 0 fully saturated rings. The van der Waals surface area contributed by atoms with Gasteiger partial charge in [-0.15, -0.1) is 0 Å². The first kappa shape index (κ1) is 15.7. The molecular formula is C13H17ClFNO3. The standard InChI is InChI=1S/C13H17ClFNO3/c1-8(7-17)6-16-13(18)9(2)19-12-4-3-10(15)5-11(12)14/h3-5,8-9,17H,6-7H2,1-2H3,(H,16,18). The quantitative estimate of drug-likeness (QED) is 0.842. The Morgan fingerprint density at radius 2 is 2.21 bits per heavy atom. The Bertz CT molecular complexity index is 442. The van der Waals surface area contributed by atoms with Gasteiger partial charge < -0.3 is 15.2 Å². The van der Waals surface area contributed by atoms with E-state index < -0.39 is 11.9 Å². The highest BCUT2D eigenvalue weighted by Crippen LogP contribution is 2.25. The van der Waals surface area contributed by atoms with Gasteiger partial charge in [0.05, 0.1) is 5.02 Å². The zero-order chi connectivity index (χ0) is 14.4. The maximum absolute atomic E-state index is 12.8. The van der Waals surface area contributed by atoms with Crippen molar-refractivity contribution in [3.8, 4) is 5.75 Å². The fourth-order valence-electron chi connectivity index (χ4n) is 1.30. The van der Waals surface area contributed by atoms with Gasteiger partial charge in [0.25, 0.3) is 5.91 Å². The number of carbonyl (C=O) groups excluding carboxylic acids is 1. The summed E-state index contributed by atoms with van der Waals surface area (Å²) in [6, 6.07) is 3.70. The van der Waals surface area contributed by atoms with E-state index in [2.05, 4.69) is 5.32 Å². The summed E-state index contributed by atoms with van der Waals surface area (Å²) in [4.78, 5) is 11.7. The van der Waals surface area contributed by atoms with Crippen LogP contribution in [0.5, 0.6) is 5.75 Å². The number of aliphatic hydroxyl groups is 1. The molecule has 106 valence electrons. The summed E-state index contributed by atoms with van der Waals surface area (Å²) in [5.74, 6) is -0.557. The number of aliphatic hydroxyl groups excluding tert-OH is 1. The molecule has 1 aromatic carbocycles. The molecule has 0 aromatic heterocycles. The van der Waals surface area contributed by atoms with E-state index in [0.717, 1.165) is 6.07 Å². The molecule has 0 aliphatic carbocycles. The van der Waals surface area contributed by atoms with Crippen LogP contribution in [0.15, 0.2) is 18.2 Å². The lowest BCUT2D eigenvalue weighted by Crippen LogP contribution is -2.39. The summed E-state index contributed by atoms with van der Waals surface area (Å²) in [6.07, 6.45) is -0.756. The molecule has 0 radical (unpaired) electrons. The van der Waals surface area contributed by atoms with E-state index in [1.54, 1.807) is 6.92 Å². The van der Waals surface area contributed by atoms with Gasteiger partial charge in [-0.25, -0.2) is 4.39 Å². The monoisotopic (exact) mass is 289 g/mol. The van der Waals surface area contributed by atoms with Crippen molar-refractivity contribution in [3.05, 3.63) is 29.0 Å². The fourth-order valence-corrected chi connectivity index (χ4v) is 1.51. The van der Waals surface area contributed by atoms with Gasteiger partial charge in [-0.1, -0.05) is 18.5 Å². The minimum atomic E-state index is -0.756. The highest BCUT2D eigenvalue weighted by Gasteiger charge is 2.16. The van der Waals surface area contributed by atoms with Gasteiger partial charge in [-0.2, -0.15) is 0 Å². The number of hydrogen-bond acceptors (Lipinski definition) is 3. The van der Waals surface area contributed by atoms with Crippen LogP contribution < -0.4 is 10.1 Å². The molecule has 2 unspecified atom stereocenters. The third-order valence-corrected chi connectivity index (χ3v) is 2.80. The van der Waals surface area contributed by atoms with Crippen molar-refractivity contribution < 1.29 is 19.0 Å². The maximum Gasteiger partial charge on any atom is 0.260 e. The highest BCUT2D eigenvalue weighted by atomic mass is 35.5. The lowest BCUT2D eigenvalue weighted by molar-refractivity contribution is -0.127. The van der Waals surface area contributed by atoms with Crippen LogP contribution in [0, 0.1) is 11.7 Å². The van der Waals surface area contributed by atoms with Crippen LogP contribution in [0.3, 0.4) is 0 Å². The van der Waals surface area contributed by atoms with E-state index in [0.29, 0.717) is 6.54 Å². The normalized spacial score (nSPS) is 13.7. The lowest BCUT2D eigenvalue weighted by Gasteiger charge is -2.17. The second-order valence-electron chi connectivity index (χ2n) is 4.37. The molecule has 2 N–H and O–H groups in total. The Balaban J connectivity index is 2.54. The highest BCUT2D eigenvalue weighted by molar-refractivity contribution is 6.32. The Hall–Kier alpha value is -1.33. The molecule has 6 heteroatoms. The van der Waals surface area contributed by atoms with Crippen molar-refractivity contribution in [2.45, 2.75) is 20.0 Å². The number of hydrogen-bond donors (Lipinski definition) is 2. The number of benzene rings is 1. The molecule has 0 saturated heterocycles. The van der Waals surface area contributed by atoms with Gasteiger partial charge in [-0.05, 0) is 31.0 Å². The molecule has 1 amide bonds. The van der Waals surface area contributed by atoms with Crippen molar-refractivity contribution in [1.82, 2.24) is 5.32 Å². The molecule has 4 nitrogen and oxygen atoms in total. The zero-order valence-electron chi connectivity index (χ0n) is 10.8. The molecule has 1 aromatic rings. The average Bonchev–Trinajstić information content (AvgIpc) is 2.38. The molecule has 0 aliphatic rings. The molecule has 0 heterocycles. The van der Waals surface area contributed by atoms with E-state index in [1.165, 1.54) is 12.1 Å². The number of nitrogens with one attached hydrogen (secondary N) is 1. The van der Waals surface area contributed by atoms with E-state index >= 15 is 0 Å². The summed E-state index contributed by atoms with van der Waals surface area (Å²) < 4.78 is 18.2. The Labute approximate surface area is 116 Å². The first-order chi connectivity index (χ1) is 8.93. The van der Waals surface area contributed by atoms with E-state index in [9.17, 15) is 9.18 Å². The van der Waals surface area contributed by atoms with Crippen molar-refractivity contribution >= 4 is 17.5 Å². The van der Waals surface area contributed by atoms with Crippen LogP contribution in [-0.4, -0.2) is 30.3 Å². The Morgan fingerprint density at radius 1 is 1.53 bits per heavy atom. The minimum Gasteiger partial charge on any atom is -0.479 e. The SMILES string of the molecule is CC(CO)CNC(=O)C(C)Oc1ccc(F)cc1Cl. The molecule has 2 atom stereocenters. The van der Waals surface area contributed by atoms with Gasteiger partial charge in [0.2, 0.25) is 0 Å². The molecular weight excluding hydrogens is 273 g/mol. The molecule has 0 bridgehead atoms. The number of ether oxygens (including phenoxy) is 1. The summed E-state index contributed by atoms with van der Waals surface area (Å²) in [6.45, 7) is 3.74. The maximum atomic E-state index is 12.8. The summed E-state index contributed by atoms with van der Waals surface area (Å²) in [7, 11) is 0. The van der Waals surface area contributed by atoms with Gasteiger partial charge in [-0.3, -0.25) is 4.79 Å². The summed E-state index contributed by atoms with van der Waals surface area (Å²) in [5.41, 5.74) is 0. The van der Waals surface area contributed by atoms with Gasteiger partial charge in [0, 0.05) is 13.2 Å². The molecule has 19 heavy (non-hydrogen) atoms. The average molecular weight is 290 g/mol. The smallest absolute Gasteiger partial charge is 0.260 e. The van der Waals surface area contributed by atoms with Gasteiger partial charge in [0.1, 0.15) is 11.6 Å². The number of halogens is 2. The van der Waals surface area contributed by atoms with E-state index in [1.807, 2.05) is 6.92 Å². The summed E-state index contributed by atoms with van der Waals surface area (Å²) >= 11 is 5.80. The van der Waals surface area contributed by atoms with E-state index in [-0.39, 0.29) is 29.2 Å². The predicted octanol–water partition coefficient (Wildman–Crippen LogP) is 1.99. The number of carbonyl (C=O) groups is 1. The molecule has 1 rings (SSSR count). The third-order valence-electron chi connectivity index (χ3n) is 2.50. The summed E-state index contributed by atoms with van der Waals surface area (Å²) in [5, 5.41) is 11.6. The molecule has 0 spiro atoms. The fraction of sp³-hybridized carbons (Fsp3) is 0.462. The van der Waals surface area contributed by atoms with Gasteiger partial charge in [0.15, 0.2) is 6.10 Å². The second kappa shape index (κ2) is 7.31. The van der Waals surface area contributed by atoms with Crippen LogP contribution in [0.4, 0.5) is 4.39 Å². The zero-order valence-corrected chi connectivity index (χ0v) is 11.6. The Kier molecular flexibility index (Phi) is 6.05. The van der Waals surface area contributed by atoms with Crippen molar-refractivity contribution in [3.63, 3.8) is 0 Å². The Morgan fingerprint density at radius 3 is 2.79 bits per heavy atom. The number of amides is 1. The van der Waals surface area contributed by atoms with Crippen LogP contribution in [0.1, 0.15) is 13.8 Å². The van der Waals surface area contributed by atoms with Crippen molar-refractivity contribution in [2.24, 2.45) is 5.92 Å². The first-order valence-electron chi connectivity index (χ1n) is 5.94. The third kappa shape index (κ3) is 5.04. The first-order valence-corrected chi connectivity index (χ1v) is 6.32. The van der Waals surface area contributed by atoms with Crippen LogP contribution in [0.25, 0.3) is 0 Å². The second-order valence-corrected chi connectivity index (χ2v) is 4.77. The molecule has 0 saturated carbocycles. The lowest BCUT2D eigenvalue weighted by atomic mass is 10.2. The van der Waals surface area contributed by atoms with Crippen LogP contribution >= 0.6 is 11.6 Å². The van der Waals surface area contributed by atoms with Gasteiger partial charge >= 0.3 is 0 Å². The predicted molar refractivity (Wildman–Crippen MR) is 70.8 cm³/mol. The largest absolute Gasteiger partial charge is 0.479 e. The molecule has 0 aliphatic heterocycles. The topological polar surface area (TPSA) is 58.6 Å². The number of rotatable bonds is 6. The minimum absolute atomic E-state index is 0.000686. The van der Waals surface area contributed by atoms with Crippen LogP contribution in [-0.2, 0) is 4.79 Å². The van der Waals surface area contributed by atoms with Crippen molar-refractivity contribution in [1.29, 1.82) is 0 Å². The van der Waals surface area contributed by atoms with Crippen molar-refractivity contribution in [2.75, 3.05) is 13.2 Å².